The summed E-state index contributed by atoms with van der Waals surface area (Å²) >= 11 is 5.45. The Morgan fingerprint density at radius 3 is 2.48 bits per heavy atom. The molecular weight excluding hydrogens is 350 g/mol. The fourth-order valence-corrected chi connectivity index (χ4v) is 2.22. The van der Waals surface area contributed by atoms with E-state index in [0.29, 0.717) is 0 Å². The van der Waals surface area contributed by atoms with Crippen molar-refractivity contribution < 1.29 is 31.4 Å². The van der Waals surface area contributed by atoms with E-state index in [2.05, 4.69) is 5.32 Å². The van der Waals surface area contributed by atoms with Crippen LogP contribution in [0.25, 0.3) is 0 Å². The Labute approximate surface area is 131 Å². The normalized spacial score (nSPS) is 20.8. The monoisotopic (exact) mass is 358 g/mol. The topological polar surface area (TPSA) is 56.1 Å². The number of halogens is 7. The molecule has 0 saturated heterocycles. The number of alkyl halides is 5. The predicted octanol–water partition coefficient (Wildman–Crippen LogP) is 4.13. The van der Waals surface area contributed by atoms with Crippen LogP contribution in [0.15, 0.2) is 29.5 Å². The maximum Gasteiger partial charge on any atom is 0.433 e. The Morgan fingerprint density at radius 1 is 1.35 bits per heavy atom. The SMILES string of the molecule is N=C(C1=C(Nc2ccc(Cl)c(F)c2)CC(F)(F)[C@H]1O)C(F)(F)F. The van der Waals surface area contributed by atoms with Crippen molar-refractivity contribution in [2.75, 3.05) is 5.32 Å². The van der Waals surface area contributed by atoms with Crippen LogP contribution < -0.4 is 5.32 Å². The average molecular weight is 359 g/mol. The van der Waals surface area contributed by atoms with Crippen molar-refractivity contribution in [2.24, 2.45) is 0 Å². The Balaban J connectivity index is 2.43. The fraction of sp³-hybridized carbons (Fsp3) is 0.308. The molecule has 0 fully saturated rings. The van der Waals surface area contributed by atoms with Gasteiger partial charge in [-0.05, 0) is 18.2 Å². The lowest BCUT2D eigenvalue weighted by Crippen LogP contribution is -2.36. The molecule has 0 bridgehead atoms. The van der Waals surface area contributed by atoms with E-state index in [1.807, 2.05) is 0 Å². The van der Waals surface area contributed by atoms with E-state index in [4.69, 9.17) is 17.0 Å². The molecule has 0 saturated carbocycles. The van der Waals surface area contributed by atoms with Crippen LogP contribution >= 0.6 is 11.6 Å². The van der Waals surface area contributed by atoms with Crippen molar-refractivity contribution in [1.82, 2.24) is 0 Å². The van der Waals surface area contributed by atoms with Crippen LogP contribution in [0.1, 0.15) is 6.42 Å². The van der Waals surface area contributed by atoms with Gasteiger partial charge in [0, 0.05) is 17.0 Å². The van der Waals surface area contributed by atoms with E-state index in [1.165, 1.54) is 0 Å². The van der Waals surface area contributed by atoms with Gasteiger partial charge >= 0.3 is 6.18 Å². The first-order chi connectivity index (χ1) is 10.4. The molecule has 1 aromatic carbocycles. The summed E-state index contributed by atoms with van der Waals surface area (Å²) < 4.78 is 78.3. The Kier molecular flexibility index (Phi) is 4.38. The Bertz CT molecular complexity index is 686. The molecule has 2 rings (SSSR count). The minimum atomic E-state index is -5.21. The van der Waals surface area contributed by atoms with Gasteiger partial charge in [0.15, 0.2) is 0 Å². The van der Waals surface area contributed by atoms with E-state index < -0.39 is 47.4 Å². The highest BCUT2D eigenvalue weighted by molar-refractivity contribution is 6.30. The highest BCUT2D eigenvalue weighted by Gasteiger charge is 2.54. The molecular formula is C13H9ClF6N2O. The first kappa shape index (κ1) is 17.6. The molecule has 1 aliphatic carbocycles. The van der Waals surface area contributed by atoms with Gasteiger partial charge in [-0.1, -0.05) is 11.6 Å². The summed E-state index contributed by atoms with van der Waals surface area (Å²) in [5, 5.41) is 18.4. The van der Waals surface area contributed by atoms with Crippen LogP contribution in [0.5, 0.6) is 0 Å². The number of anilines is 1. The fourth-order valence-electron chi connectivity index (χ4n) is 2.10. The zero-order chi connectivity index (χ0) is 17.6. The second-order valence-electron chi connectivity index (χ2n) is 4.86. The average Bonchev–Trinajstić information content (AvgIpc) is 2.62. The van der Waals surface area contributed by atoms with Gasteiger partial charge in [-0.25, -0.2) is 13.2 Å². The van der Waals surface area contributed by atoms with Crippen molar-refractivity contribution in [2.45, 2.75) is 24.6 Å². The molecule has 10 heteroatoms. The van der Waals surface area contributed by atoms with E-state index in [9.17, 15) is 31.4 Å². The molecule has 0 unspecified atom stereocenters. The highest BCUT2D eigenvalue weighted by atomic mass is 35.5. The lowest BCUT2D eigenvalue weighted by Gasteiger charge is -2.17. The van der Waals surface area contributed by atoms with Gasteiger partial charge in [-0.2, -0.15) is 13.2 Å². The lowest BCUT2D eigenvalue weighted by molar-refractivity contribution is -0.0816. The smallest absolute Gasteiger partial charge is 0.382 e. The zero-order valence-electron chi connectivity index (χ0n) is 11.1. The number of hydrogen-bond donors (Lipinski definition) is 3. The third-order valence-electron chi connectivity index (χ3n) is 3.18. The summed E-state index contributed by atoms with van der Waals surface area (Å²) in [6.07, 6.45) is -9.24. The molecule has 126 valence electrons. The second-order valence-corrected chi connectivity index (χ2v) is 5.27. The van der Waals surface area contributed by atoms with Gasteiger partial charge in [0.2, 0.25) is 0 Å². The zero-order valence-corrected chi connectivity index (χ0v) is 11.9. The molecule has 1 atom stereocenters. The van der Waals surface area contributed by atoms with Crippen molar-refractivity contribution >= 4 is 23.0 Å². The van der Waals surface area contributed by atoms with Gasteiger partial charge < -0.3 is 10.4 Å². The third kappa shape index (κ3) is 3.45. The lowest BCUT2D eigenvalue weighted by atomic mass is 10.1. The highest BCUT2D eigenvalue weighted by Crippen LogP contribution is 2.42. The van der Waals surface area contributed by atoms with E-state index >= 15 is 0 Å². The molecule has 1 aromatic rings. The summed E-state index contributed by atoms with van der Waals surface area (Å²) in [5.41, 5.74) is -4.19. The van der Waals surface area contributed by atoms with E-state index in [0.717, 1.165) is 18.2 Å². The van der Waals surface area contributed by atoms with Crippen LogP contribution in [0.3, 0.4) is 0 Å². The van der Waals surface area contributed by atoms with Crippen LogP contribution in [0.4, 0.5) is 32.0 Å². The molecule has 0 amide bonds. The van der Waals surface area contributed by atoms with Gasteiger partial charge in [0.05, 0.1) is 11.4 Å². The van der Waals surface area contributed by atoms with Gasteiger partial charge in [-0.15, -0.1) is 0 Å². The van der Waals surface area contributed by atoms with Crippen LogP contribution in [0.2, 0.25) is 5.02 Å². The standard InChI is InChI=1S/C13H9ClF6N2O/c14-6-2-1-5(3-7(6)15)22-8-4-12(16,17)11(23)9(8)10(21)13(18,19)20/h1-3,11,21-23H,4H2/t11-/m0/s1. The van der Waals surface area contributed by atoms with E-state index in [-0.39, 0.29) is 10.7 Å². The molecule has 0 aliphatic heterocycles. The van der Waals surface area contributed by atoms with E-state index in [1.54, 1.807) is 0 Å². The van der Waals surface area contributed by atoms with Crippen molar-refractivity contribution in [3.63, 3.8) is 0 Å². The maximum atomic E-state index is 13.5. The molecule has 3 nitrogen and oxygen atoms in total. The second kappa shape index (κ2) is 5.72. The summed E-state index contributed by atoms with van der Waals surface area (Å²) in [4.78, 5) is 0. The molecule has 0 radical (unpaired) electrons. The van der Waals surface area contributed by atoms with Crippen LogP contribution in [0, 0.1) is 11.2 Å². The summed E-state index contributed by atoms with van der Waals surface area (Å²) in [6.45, 7) is 0. The van der Waals surface area contributed by atoms with Crippen molar-refractivity contribution in [1.29, 1.82) is 5.41 Å². The summed E-state index contributed by atoms with van der Waals surface area (Å²) in [5.74, 6) is -4.78. The van der Waals surface area contributed by atoms with Gasteiger partial charge in [0.1, 0.15) is 17.6 Å². The van der Waals surface area contributed by atoms with Crippen molar-refractivity contribution in [3.05, 3.63) is 40.3 Å². The minimum Gasteiger partial charge on any atom is -0.382 e. The molecule has 0 spiro atoms. The molecule has 0 aromatic heterocycles. The molecule has 3 N–H and O–H groups in total. The number of benzene rings is 1. The number of aliphatic hydroxyl groups excluding tert-OH is 1. The first-order valence-electron chi connectivity index (χ1n) is 6.10. The third-order valence-corrected chi connectivity index (χ3v) is 3.49. The number of rotatable bonds is 3. The van der Waals surface area contributed by atoms with Gasteiger partial charge in [-0.3, -0.25) is 5.41 Å². The predicted molar refractivity (Wildman–Crippen MR) is 71.4 cm³/mol. The summed E-state index contributed by atoms with van der Waals surface area (Å²) in [7, 11) is 0. The number of hydrogen-bond acceptors (Lipinski definition) is 3. The number of aliphatic hydroxyl groups is 1. The van der Waals surface area contributed by atoms with Crippen LogP contribution in [-0.2, 0) is 0 Å². The molecule has 0 heterocycles. The summed E-state index contributed by atoms with van der Waals surface area (Å²) in [6, 6.07) is 3.04. The first-order valence-corrected chi connectivity index (χ1v) is 6.48. The largest absolute Gasteiger partial charge is 0.433 e. The quantitative estimate of drug-likeness (QED) is 0.562. The van der Waals surface area contributed by atoms with Gasteiger partial charge in [0.25, 0.3) is 5.92 Å². The van der Waals surface area contributed by atoms with Crippen molar-refractivity contribution in [3.8, 4) is 0 Å². The van der Waals surface area contributed by atoms with Crippen LogP contribution in [-0.4, -0.2) is 29.0 Å². The minimum absolute atomic E-state index is 0.140. The maximum absolute atomic E-state index is 13.5. The Morgan fingerprint density at radius 2 is 1.96 bits per heavy atom. The Hall–Kier alpha value is -1.74. The number of allylic oxidation sites excluding steroid dienone is 1. The molecule has 23 heavy (non-hydrogen) atoms. The molecule has 1 aliphatic rings. The number of nitrogens with one attached hydrogen (secondary N) is 2.